The summed E-state index contributed by atoms with van der Waals surface area (Å²) in [6, 6.07) is 3.72. The highest BCUT2D eigenvalue weighted by Crippen LogP contribution is 2.20. The van der Waals surface area contributed by atoms with Crippen LogP contribution in [-0.4, -0.2) is 21.2 Å². The van der Waals surface area contributed by atoms with Gasteiger partial charge in [0.2, 0.25) is 0 Å². The van der Waals surface area contributed by atoms with E-state index in [2.05, 4.69) is 15.6 Å². The van der Waals surface area contributed by atoms with Crippen LogP contribution in [0.4, 0.5) is 5.82 Å². The van der Waals surface area contributed by atoms with Crippen molar-refractivity contribution < 1.29 is 5.11 Å². The molecule has 0 atom stereocenters. The maximum absolute atomic E-state index is 9.51. The van der Waals surface area contributed by atoms with Gasteiger partial charge in [-0.15, -0.1) is 0 Å². The number of hydrogen-bond donors (Lipinski definition) is 3. The van der Waals surface area contributed by atoms with Gasteiger partial charge >= 0.3 is 0 Å². The van der Waals surface area contributed by atoms with Crippen LogP contribution in [0.5, 0.6) is 5.75 Å². The molecule has 5 heteroatoms. The van der Waals surface area contributed by atoms with Crippen LogP contribution < -0.4 is 10.6 Å². The van der Waals surface area contributed by atoms with E-state index in [1.807, 2.05) is 0 Å². The summed E-state index contributed by atoms with van der Waals surface area (Å²) in [5.41, 5.74) is 0. The van der Waals surface area contributed by atoms with Crippen molar-refractivity contribution in [2.45, 2.75) is 31.7 Å². The first kappa shape index (κ1) is 11.1. The maximum Gasteiger partial charge on any atom is 0.174 e. The van der Waals surface area contributed by atoms with Crippen molar-refractivity contribution in [2.75, 3.05) is 5.32 Å². The average Bonchev–Trinajstić information content (AvgIpc) is 2.74. The number of rotatable bonds is 2. The predicted molar refractivity (Wildman–Crippen MR) is 67.5 cm³/mol. The predicted octanol–water partition coefficient (Wildman–Crippen LogP) is 2.02. The Labute approximate surface area is 100 Å². The minimum absolute atomic E-state index is 0.109. The normalized spacial score (nSPS) is 16.0. The number of hydrogen-bond acceptors (Lipinski definition) is 3. The number of anilines is 1. The Hall–Kier alpha value is -1.36. The third-order valence-corrected chi connectivity index (χ3v) is 2.93. The molecule has 4 nitrogen and oxygen atoms in total. The zero-order chi connectivity index (χ0) is 11.4. The minimum atomic E-state index is 0.109. The van der Waals surface area contributed by atoms with Crippen LogP contribution in [0.15, 0.2) is 18.3 Å². The van der Waals surface area contributed by atoms with Gasteiger partial charge in [-0.1, -0.05) is 12.8 Å². The van der Waals surface area contributed by atoms with E-state index in [4.69, 9.17) is 12.2 Å². The van der Waals surface area contributed by atoms with Crippen molar-refractivity contribution in [1.29, 1.82) is 0 Å². The molecule has 2 rings (SSSR count). The number of aromatic hydroxyl groups is 1. The summed E-state index contributed by atoms with van der Waals surface area (Å²) in [5, 5.41) is 16.2. The van der Waals surface area contributed by atoms with E-state index in [9.17, 15) is 5.11 Å². The Balaban J connectivity index is 1.89. The molecule has 0 spiro atoms. The molecule has 1 heterocycles. The molecule has 16 heavy (non-hydrogen) atoms. The molecule has 1 fully saturated rings. The molecular formula is C11H15N3OS. The second kappa shape index (κ2) is 5.12. The molecule has 3 N–H and O–H groups in total. The third kappa shape index (κ3) is 2.82. The highest BCUT2D eigenvalue weighted by atomic mass is 32.1. The van der Waals surface area contributed by atoms with Crippen molar-refractivity contribution in [3.63, 3.8) is 0 Å². The van der Waals surface area contributed by atoms with Crippen molar-refractivity contribution in [1.82, 2.24) is 10.3 Å². The summed E-state index contributed by atoms with van der Waals surface area (Å²) in [7, 11) is 0. The first-order valence-electron chi connectivity index (χ1n) is 5.47. The maximum atomic E-state index is 9.51. The zero-order valence-electron chi connectivity index (χ0n) is 8.94. The summed E-state index contributed by atoms with van der Waals surface area (Å²) in [4.78, 5) is 4.00. The quantitative estimate of drug-likeness (QED) is 0.687. The molecule has 1 aromatic rings. The van der Waals surface area contributed by atoms with Gasteiger partial charge < -0.3 is 15.7 Å². The van der Waals surface area contributed by atoms with Crippen LogP contribution in [0, 0.1) is 0 Å². The van der Waals surface area contributed by atoms with Gasteiger partial charge in [-0.2, -0.15) is 0 Å². The SMILES string of the molecule is Oc1cccnc1NC(=S)NC1CCCC1. The Morgan fingerprint density at radius 3 is 2.88 bits per heavy atom. The van der Waals surface area contributed by atoms with E-state index in [0.29, 0.717) is 17.0 Å². The molecule has 86 valence electrons. The van der Waals surface area contributed by atoms with Crippen molar-refractivity contribution in [3.05, 3.63) is 18.3 Å². The highest BCUT2D eigenvalue weighted by molar-refractivity contribution is 7.80. The lowest BCUT2D eigenvalue weighted by molar-refractivity contribution is 0.475. The van der Waals surface area contributed by atoms with E-state index in [-0.39, 0.29) is 5.75 Å². The minimum Gasteiger partial charge on any atom is -0.504 e. The molecule has 1 aliphatic carbocycles. The van der Waals surface area contributed by atoms with Gasteiger partial charge in [0.05, 0.1) is 0 Å². The van der Waals surface area contributed by atoms with Crippen LogP contribution in [0.1, 0.15) is 25.7 Å². The second-order valence-electron chi connectivity index (χ2n) is 3.95. The third-order valence-electron chi connectivity index (χ3n) is 2.71. The Morgan fingerprint density at radius 2 is 2.19 bits per heavy atom. The molecule has 0 bridgehead atoms. The van der Waals surface area contributed by atoms with E-state index in [0.717, 1.165) is 12.8 Å². The highest BCUT2D eigenvalue weighted by Gasteiger charge is 2.15. The average molecular weight is 237 g/mol. The summed E-state index contributed by atoms with van der Waals surface area (Å²) in [6.45, 7) is 0. The van der Waals surface area contributed by atoms with Crippen molar-refractivity contribution in [3.8, 4) is 5.75 Å². The Bertz CT molecular complexity index is 377. The van der Waals surface area contributed by atoms with Crippen LogP contribution in [0.3, 0.4) is 0 Å². The summed E-state index contributed by atoms with van der Waals surface area (Å²) >= 11 is 5.16. The lowest BCUT2D eigenvalue weighted by Crippen LogP contribution is -2.36. The standard InChI is InChI=1S/C11H15N3OS/c15-9-6-3-7-12-10(9)14-11(16)13-8-4-1-2-5-8/h3,6-8,15H,1-2,4-5H2,(H2,12,13,14,16). The molecule has 0 radical (unpaired) electrons. The van der Waals surface area contributed by atoms with E-state index in [1.54, 1.807) is 18.3 Å². The number of aromatic nitrogens is 1. The fraction of sp³-hybridized carbons (Fsp3) is 0.455. The fourth-order valence-corrected chi connectivity index (χ4v) is 2.16. The summed E-state index contributed by atoms with van der Waals surface area (Å²) in [6.07, 6.45) is 6.45. The largest absolute Gasteiger partial charge is 0.504 e. The molecule has 1 aliphatic rings. The molecule has 0 aliphatic heterocycles. The number of nitrogens with one attached hydrogen (secondary N) is 2. The first-order valence-corrected chi connectivity index (χ1v) is 5.88. The van der Waals surface area contributed by atoms with Gasteiger partial charge in [0.25, 0.3) is 0 Å². The molecular weight excluding hydrogens is 222 g/mol. The van der Waals surface area contributed by atoms with Gasteiger partial charge in [-0.05, 0) is 37.2 Å². The lowest BCUT2D eigenvalue weighted by Gasteiger charge is -2.15. The van der Waals surface area contributed by atoms with Gasteiger partial charge in [-0.25, -0.2) is 4.98 Å². The molecule has 1 aromatic heterocycles. The van der Waals surface area contributed by atoms with Crippen LogP contribution in [0.25, 0.3) is 0 Å². The lowest BCUT2D eigenvalue weighted by atomic mass is 10.3. The van der Waals surface area contributed by atoms with Crippen molar-refractivity contribution in [2.24, 2.45) is 0 Å². The summed E-state index contributed by atoms with van der Waals surface area (Å²) in [5.74, 6) is 0.510. The molecule has 1 saturated carbocycles. The van der Waals surface area contributed by atoms with Crippen LogP contribution >= 0.6 is 12.2 Å². The fourth-order valence-electron chi connectivity index (χ4n) is 1.89. The van der Waals surface area contributed by atoms with Crippen LogP contribution in [0.2, 0.25) is 0 Å². The van der Waals surface area contributed by atoms with Gasteiger partial charge in [-0.3, -0.25) is 0 Å². The topological polar surface area (TPSA) is 57.2 Å². The molecule has 0 unspecified atom stereocenters. The zero-order valence-corrected chi connectivity index (χ0v) is 9.76. The van der Waals surface area contributed by atoms with Crippen molar-refractivity contribution >= 4 is 23.1 Å². The Morgan fingerprint density at radius 1 is 1.44 bits per heavy atom. The second-order valence-corrected chi connectivity index (χ2v) is 4.36. The van der Waals surface area contributed by atoms with Gasteiger partial charge in [0, 0.05) is 12.2 Å². The van der Waals surface area contributed by atoms with Gasteiger partial charge in [0.15, 0.2) is 16.7 Å². The molecule has 0 saturated heterocycles. The number of thiocarbonyl (C=S) groups is 1. The Kier molecular flexibility index (Phi) is 3.56. The van der Waals surface area contributed by atoms with Crippen LogP contribution in [-0.2, 0) is 0 Å². The number of pyridine rings is 1. The number of nitrogens with zero attached hydrogens (tertiary/aromatic N) is 1. The molecule has 0 aromatic carbocycles. The van der Waals surface area contributed by atoms with E-state index >= 15 is 0 Å². The molecule has 0 amide bonds. The van der Waals surface area contributed by atoms with E-state index in [1.165, 1.54) is 12.8 Å². The van der Waals surface area contributed by atoms with E-state index < -0.39 is 0 Å². The monoisotopic (exact) mass is 237 g/mol. The van der Waals surface area contributed by atoms with Gasteiger partial charge in [0.1, 0.15) is 0 Å². The summed E-state index contributed by atoms with van der Waals surface area (Å²) < 4.78 is 0. The smallest absolute Gasteiger partial charge is 0.174 e. The first-order chi connectivity index (χ1) is 7.75.